The van der Waals surface area contributed by atoms with Crippen LogP contribution < -0.4 is 0 Å². The molecular weight excluding hydrogens is 294 g/mol. The lowest BCUT2D eigenvalue weighted by molar-refractivity contribution is 0.0656. The molecule has 0 unspecified atom stereocenters. The van der Waals surface area contributed by atoms with Crippen molar-refractivity contribution in [2.75, 3.05) is 0 Å². The highest BCUT2D eigenvalue weighted by atomic mass is 32.2. The molecule has 1 N–H and O–H groups in total. The van der Waals surface area contributed by atoms with Crippen LogP contribution in [0.1, 0.15) is 16.1 Å². The van der Waals surface area contributed by atoms with Gasteiger partial charge in [-0.3, -0.25) is 0 Å². The van der Waals surface area contributed by atoms with Crippen molar-refractivity contribution in [1.29, 1.82) is 0 Å². The predicted octanol–water partition coefficient (Wildman–Crippen LogP) is 2.23. The highest BCUT2D eigenvalue weighted by Crippen LogP contribution is 2.20. The van der Waals surface area contributed by atoms with Gasteiger partial charge in [0.15, 0.2) is 0 Å². The zero-order valence-corrected chi connectivity index (χ0v) is 10.7. The first-order chi connectivity index (χ1) is 9.28. The molecule has 0 amide bonds. The van der Waals surface area contributed by atoms with E-state index in [-0.39, 0.29) is 5.56 Å². The van der Waals surface area contributed by atoms with Gasteiger partial charge in [-0.15, -0.1) is 0 Å². The second-order valence-corrected chi connectivity index (χ2v) is 5.88. The maximum Gasteiger partial charge on any atom is 0.371 e. The van der Waals surface area contributed by atoms with Crippen molar-refractivity contribution in [3.63, 3.8) is 0 Å². The van der Waals surface area contributed by atoms with Crippen molar-refractivity contribution in [2.24, 2.45) is 0 Å². The smallest absolute Gasteiger partial charge is 0.371 e. The van der Waals surface area contributed by atoms with Crippen LogP contribution in [0.4, 0.5) is 8.78 Å². The second kappa shape index (κ2) is 5.04. The van der Waals surface area contributed by atoms with Crippen LogP contribution in [-0.4, -0.2) is 19.5 Å². The zero-order chi connectivity index (χ0) is 14.9. The van der Waals surface area contributed by atoms with Crippen LogP contribution in [0.5, 0.6) is 0 Å². The SMILES string of the molecule is O=C(O)c1ccc(S(=O)(=O)Cc2cc(F)cc(F)c2)o1. The fourth-order valence-electron chi connectivity index (χ4n) is 1.59. The Bertz CT molecular complexity index is 744. The van der Waals surface area contributed by atoms with Crippen LogP contribution >= 0.6 is 0 Å². The summed E-state index contributed by atoms with van der Waals surface area (Å²) in [5.41, 5.74) is -0.101. The third-order valence-electron chi connectivity index (χ3n) is 2.38. The average Bonchev–Trinajstić information content (AvgIpc) is 2.76. The van der Waals surface area contributed by atoms with Crippen LogP contribution in [0.15, 0.2) is 39.8 Å². The van der Waals surface area contributed by atoms with Crippen LogP contribution in [0.25, 0.3) is 0 Å². The second-order valence-electron chi connectivity index (χ2n) is 3.96. The summed E-state index contributed by atoms with van der Waals surface area (Å²) in [5, 5.41) is 8.07. The molecule has 5 nitrogen and oxygen atoms in total. The Morgan fingerprint density at radius 2 is 1.75 bits per heavy atom. The van der Waals surface area contributed by atoms with Gasteiger partial charge in [-0.2, -0.15) is 0 Å². The summed E-state index contributed by atoms with van der Waals surface area (Å²) in [4.78, 5) is 10.6. The number of carbonyl (C=O) groups is 1. The van der Waals surface area contributed by atoms with Gasteiger partial charge in [0, 0.05) is 6.07 Å². The van der Waals surface area contributed by atoms with Crippen LogP contribution in [0.3, 0.4) is 0 Å². The molecule has 8 heteroatoms. The quantitative estimate of drug-likeness (QED) is 0.936. The summed E-state index contributed by atoms with van der Waals surface area (Å²) in [6, 6.07) is 4.34. The lowest BCUT2D eigenvalue weighted by Gasteiger charge is -2.02. The Labute approximate surface area is 112 Å². The van der Waals surface area contributed by atoms with E-state index in [0.717, 1.165) is 24.3 Å². The highest BCUT2D eigenvalue weighted by Gasteiger charge is 2.22. The lowest BCUT2D eigenvalue weighted by Crippen LogP contribution is -2.05. The van der Waals surface area contributed by atoms with Gasteiger partial charge < -0.3 is 9.52 Å². The Morgan fingerprint density at radius 3 is 2.25 bits per heavy atom. The van der Waals surface area contributed by atoms with E-state index in [1.54, 1.807) is 0 Å². The summed E-state index contributed by atoms with van der Waals surface area (Å²) < 4.78 is 54.5. The van der Waals surface area contributed by atoms with Crippen molar-refractivity contribution in [3.8, 4) is 0 Å². The van der Waals surface area contributed by atoms with Crippen molar-refractivity contribution >= 4 is 15.8 Å². The first-order valence-corrected chi connectivity index (χ1v) is 6.94. The van der Waals surface area contributed by atoms with Crippen molar-refractivity contribution < 1.29 is 31.5 Å². The van der Waals surface area contributed by atoms with Gasteiger partial charge in [-0.05, 0) is 29.8 Å². The number of carboxylic acid groups (broad SMARTS) is 1. The molecule has 0 radical (unpaired) electrons. The minimum Gasteiger partial charge on any atom is -0.475 e. The Hall–Kier alpha value is -2.22. The van der Waals surface area contributed by atoms with Crippen molar-refractivity contribution in [2.45, 2.75) is 10.8 Å². The zero-order valence-electron chi connectivity index (χ0n) is 9.84. The molecule has 0 bridgehead atoms. The fraction of sp³-hybridized carbons (Fsp3) is 0.0833. The standard InChI is InChI=1S/C12H8F2O5S/c13-8-3-7(4-9(14)5-8)6-20(17,18)11-2-1-10(19-11)12(15)16/h1-5H,6H2,(H,15,16). The highest BCUT2D eigenvalue weighted by molar-refractivity contribution is 7.90. The van der Waals surface area contributed by atoms with Gasteiger partial charge in [0.25, 0.3) is 0 Å². The largest absolute Gasteiger partial charge is 0.475 e. The first kappa shape index (κ1) is 14.2. The van der Waals surface area contributed by atoms with E-state index in [1.165, 1.54) is 0 Å². The molecule has 0 saturated heterocycles. The van der Waals surface area contributed by atoms with E-state index in [4.69, 9.17) is 5.11 Å². The summed E-state index contributed by atoms with van der Waals surface area (Å²) in [5.74, 6) is -4.45. The monoisotopic (exact) mass is 302 g/mol. The number of sulfone groups is 1. The first-order valence-electron chi connectivity index (χ1n) is 5.29. The number of halogens is 2. The number of benzene rings is 1. The maximum atomic E-state index is 13.0. The van der Waals surface area contributed by atoms with E-state index >= 15 is 0 Å². The van der Waals surface area contributed by atoms with E-state index in [1.807, 2.05) is 0 Å². The molecule has 1 aromatic carbocycles. The summed E-state index contributed by atoms with van der Waals surface area (Å²) in [6.45, 7) is 0. The molecule has 0 aliphatic rings. The summed E-state index contributed by atoms with van der Waals surface area (Å²) in [7, 11) is -4.02. The third kappa shape index (κ3) is 3.02. The number of hydrogen-bond donors (Lipinski definition) is 1. The Kier molecular flexibility index (Phi) is 3.58. The Balaban J connectivity index is 2.32. The molecule has 2 rings (SSSR count). The minimum absolute atomic E-state index is 0.101. The topological polar surface area (TPSA) is 84.6 Å². The molecule has 20 heavy (non-hydrogen) atoms. The molecule has 2 aromatic rings. The van der Waals surface area contributed by atoms with Gasteiger partial charge in [0.1, 0.15) is 11.6 Å². The van der Waals surface area contributed by atoms with Crippen molar-refractivity contribution in [1.82, 2.24) is 0 Å². The number of carboxylic acids is 1. The molecule has 0 aliphatic heterocycles. The van der Waals surface area contributed by atoms with Gasteiger partial charge in [0.05, 0.1) is 5.75 Å². The lowest BCUT2D eigenvalue weighted by atomic mass is 10.2. The van der Waals surface area contributed by atoms with E-state index in [2.05, 4.69) is 4.42 Å². The summed E-state index contributed by atoms with van der Waals surface area (Å²) >= 11 is 0. The normalized spacial score (nSPS) is 11.5. The van der Waals surface area contributed by atoms with Gasteiger partial charge >= 0.3 is 5.97 Å². The average molecular weight is 302 g/mol. The molecule has 1 aromatic heterocycles. The number of furan rings is 1. The Morgan fingerprint density at radius 1 is 1.15 bits per heavy atom. The molecule has 1 heterocycles. The van der Waals surface area contributed by atoms with E-state index in [9.17, 15) is 22.0 Å². The number of hydrogen-bond acceptors (Lipinski definition) is 4. The van der Waals surface area contributed by atoms with E-state index in [0.29, 0.717) is 6.07 Å². The third-order valence-corrected chi connectivity index (χ3v) is 3.92. The minimum atomic E-state index is -4.02. The van der Waals surface area contributed by atoms with Crippen LogP contribution in [0.2, 0.25) is 0 Å². The molecule has 0 spiro atoms. The van der Waals surface area contributed by atoms with Crippen LogP contribution in [-0.2, 0) is 15.6 Å². The molecule has 0 saturated carbocycles. The van der Waals surface area contributed by atoms with Gasteiger partial charge in [0.2, 0.25) is 20.7 Å². The molecule has 106 valence electrons. The molecule has 0 aliphatic carbocycles. The van der Waals surface area contributed by atoms with Crippen LogP contribution in [0, 0.1) is 11.6 Å². The maximum absolute atomic E-state index is 13.0. The summed E-state index contributed by atoms with van der Waals surface area (Å²) in [6.07, 6.45) is 0. The molecule has 0 atom stereocenters. The van der Waals surface area contributed by atoms with Gasteiger partial charge in [-0.25, -0.2) is 22.0 Å². The predicted molar refractivity (Wildman–Crippen MR) is 62.9 cm³/mol. The number of rotatable bonds is 4. The van der Waals surface area contributed by atoms with Crippen molar-refractivity contribution in [3.05, 3.63) is 53.3 Å². The van der Waals surface area contributed by atoms with Gasteiger partial charge in [-0.1, -0.05) is 0 Å². The van der Waals surface area contributed by atoms with E-state index < -0.39 is 44.0 Å². The number of aromatic carboxylic acids is 1. The fourth-order valence-corrected chi connectivity index (χ4v) is 2.83. The molecule has 0 fully saturated rings. The molecular formula is C12H8F2O5S.